The van der Waals surface area contributed by atoms with Crippen LogP contribution >= 0.6 is 35.0 Å². The molecule has 126 valence electrons. The molecule has 1 amide bonds. The van der Waals surface area contributed by atoms with Crippen LogP contribution in [-0.4, -0.2) is 24.7 Å². The SMILES string of the molecule is CSc1ccc(NC(=O)COC(=O)Cc2ccc(Cl)c(Cl)c2)cc1. The Hall–Kier alpha value is -1.69. The van der Waals surface area contributed by atoms with Crippen LogP contribution in [-0.2, 0) is 20.7 Å². The summed E-state index contributed by atoms with van der Waals surface area (Å²) in [5.41, 5.74) is 1.32. The molecule has 0 bridgehead atoms. The summed E-state index contributed by atoms with van der Waals surface area (Å²) in [5.74, 6) is -0.907. The predicted octanol–water partition coefficient (Wildman–Crippen LogP) is 4.44. The maximum absolute atomic E-state index is 11.8. The average Bonchev–Trinajstić information content (AvgIpc) is 2.57. The fourth-order valence-corrected chi connectivity index (χ4v) is 2.61. The second-order valence-corrected chi connectivity index (χ2v) is 6.56. The van der Waals surface area contributed by atoms with E-state index in [1.807, 2.05) is 18.4 Å². The van der Waals surface area contributed by atoms with Gasteiger partial charge >= 0.3 is 5.97 Å². The van der Waals surface area contributed by atoms with Crippen LogP contribution in [0.25, 0.3) is 0 Å². The summed E-state index contributed by atoms with van der Waals surface area (Å²) in [6, 6.07) is 12.3. The number of hydrogen-bond donors (Lipinski definition) is 1. The third-order valence-corrected chi connectivity index (χ3v) is 4.55. The molecule has 2 aromatic rings. The van der Waals surface area contributed by atoms with Gasteiger partial charge in [-0.1, -0.05) is 29.3 Å². The molecule has 2 rings (SSSR count). The number of carbonyl (C=O) groups is 2. The smallest absolute Gasteiger partial charge is 0.310 e. The van der Waals surface area contributed by atoms with Crippen molar-refractivity contribution < 1.29 is 14.3 Å². The summed E-state index contributed by atoms with van der Waals surface area (Å²) in [5, 5.41) is 3.45. The third-order valence-electron chi connectivity index (χ3n) is 3.07. The number of anilines is 1. The zero-order chi connectivity index (χ0) is 17.5. The van der Waals surface area contributed by atoms with Crippen LogP contribution in [0.2, 0.25) is 10.0 Å². The number of hydrogen-bond acceptors (Lipinski definition) is 4. The lowest BCUT2D eigenvalue weighted by Crippen LogP contribution is -2.21. The summed E-state index contributed by atoms with van der Waals surface area (Å²) in [6.07, 6.45) is 1.99. The Kier molecular flexibility index (Phi) is 6.97. The molecule has 0 radical (unpaired) electrons. The summed E-state index contributed by atoms with van der Waals surface area (Å²) >= 11 is 13.3. The van der Waals surface area contributed by atoms with Crippen molar-refractivity contribution in [1.82, 2.24) is 0 Å². The van der Waals surface area contributed by atoms with Crippen molar-refractivity contribution in [3.8, 4) is 0 Å². The van der Waals surface area contributed by atoms with E-state index in [-0.39, 0.29) is 13.0 Å². The largest absolute Gasteiger partial charge is 0.455 e. The van der Waals surface area contributed by atoms with Crippen molar-refractivity contribution in [2.75, 3.05) is 18.2 Å². The molecule has 0 atom stereocenters. The first-order valence-corrected chi connectivity index (χ1v) is 8.99. The summed E-state index contributed by atoms with van der Waals surface area (Å²) in [6.45, 7) is -0.343. The zero-order valence-electron chi connectivity index (χ0n) is 12.8. The monoisotopic (exact) mass is 383 g/mol. The fourth-order valence-electron chi connectivity index (χ4n) is 1.88. The van der Waals surface area contributed by atoms with Crippen LogP contribution in [0.5, 0.6) is 0 Å². The van der Waals surface area contributed by atoms with Gasteiger partial charge in [0.1, 0.15) is 0 Å². The minimum absolute atomic E-state index is 0.0204. The molecule has 0 fully saturated rings. The number of rotatable bonds is 6. The molecule has 0 aliphatic heterocycles. The van der Waals surface area contributed by atoms with Gasteiger partial charge in [0.25, 0.3) is 5.91 Å². The molecule has 0 saturated carbocycles. The van der Waals surface area contributed by atoms with E-state index in [1.54, 1.807) is 42.1 Å². The van der Waals surface area contributed by atoms with E-state index in [9.17, 15) is 9.59 Å². The molecular weight excluding hydrogens is 369 g/mol. The van der Waals surface area contributed by atoms with Crippen molar-refractivity contribution in [2.24, 2.45) is 0 Å². The van der Waals surface area contributed by atoms with E-state index in [1.165, 1.54) is 0 Å². The highest BCUT2D eigenvalue weighted by molar-refractivity contribution is 7.98. The van der Waals surface area contributed by atoms with E-state index in [0.717, 1.165) is 4.90 Å². The van der Waals surface area contributed by atoms with Crippen LogP contribution in [0, 0.1) is 0 Å². The first-order valence-electron chi connectivity index (χ1n) is 7.01. The fraction of sp³-hybridized carbons (Fsp3) is 0.176. The van der Waals surface area contributed by atoms with Gasteiger partial charge in [-0.05, 0) is 48.2 Å². The molecule has 0 unspecified atom stereocenters. The van der Waals surface area contributed by atoms with E-state index in [0.29, 0.717) is 21.3 Å². The van der Waals surface area contributed by atoms with Crippen LogP contribution in [0.15, 0.2) is 47.4 Å². The molecule has 0 heterocycles. The van der Waals surface area contributed by atoms with Crippen LogP contribution in [0.3, 0.4) is 0 Å². The number of ether oxygens (including phenoxy) is 1. The Morgan fingerprint density at radius 2 is 1.79 bits per heavy atom. The highest BCUT2D eigenvalue weighted by Crippen LogP contribution is 2.23. The molecule has 2 aromatic carbocycles. The number of esters is 1. The minimum Gasteiger partial charge on any atom is -0.455 e. The van der Waals surface area contributed by atoms with Gasteiger partial charge in [-0.3, -0.25) is 9.59 Å². The van der Waals surface area contributed by atoms with E-state index in [4.69, 9.17) is 27.9 Å². The highest BCUT2D eigenvalue weighted by atomic mass is 35.5. The minimum atomic E-state index is -0.513. The second kappa shape index (κ2) is 8.97. The lowest BCUT2D eigenvalue weighted by Gasteiger charge is -2.07. The topological polar surface area (TPSA) is 55.4 Å². The van der Waals surface area contributed by atoms with Crippen molar-refractivity contribution >= 4 is 52.5 Å². The van der Waals surface area contributed by atoms with Gasteiger partial charge in [-0.25, -0.2) is 0 Å². The number of nitrogens with one attached hydrogen (secondary N) is 1. The van der Waals surface area contributed by atoms with Crippen LogP contribution in [0.1, 0.15) is 5.56 Å². The molecular formula is C17H15Cl2NO3S. The average molecular weight is 384 g/mol. The molecule has 24 heavy (non-hydrogen) atoms. The van der Waals surface area contributed by atoms with E-state index in [2.05, 4.69) is 5.32 Å². The van der Waals surface area contributed by atoms with Crippen molar-refractivity contribution in [3.63, 3.8) is 0 Å². The van der Waals surface area contributed by atoms with Gasteiger partial charge in [0, 0.05) is 10.6 Å². The lowest BCUT2D eigenvalue weighted by atomic mass is 10.1. The Labute approximate surface area is 154 Å². The quantitative estimate of drug-likeness (QED) is 0.591. The highest BCUT2D eigenvalue weighted by Gasteiger charge is 2.10. The Bertz CT molecular complexity index is 735. The number of amides is 1. The van der Waals surface area contributed by atoms with Crippen molar-refractivity contribution in [1.29, 1.82) is 0 Å². The van der Waals surface area contributed by atoms with Crippen LogP contribution in [0.4, 0.5) is 5.69 Å². The van der Waals surface area contributed by atoms with E-state index >= 15 is 0 Å². The van der Waals surface area contributed by atoms with Gasteiger partial charge < -0.3 is 10.1 Å². The van der Waals surface area contributed by atoms with Gasteiger partial charge in [0.15, 0.2) is 6.61 Å². The normalized spacial score (nSPS) is 10.3. The van der Waals surface area contributed by atoms with Gasteiger partial charge in [0.05, 0.1) is 16.5 Å². The first kappa shape index (κ1) is 18.6. The second-order valence-electron chi connectivity index (χ2n) is 4.86. The van der Waals surface area contributed by atoms with Crippen LogP contribution < -0.4 is 5.32 Å². The third kappa shape index (κ3) is 5.74. The first-order chi connectivity index (χ1) is 11.5. The Balaban J connectivity index is 1.79. The number of thioether (sulfide) groups is 1. The molecule has 1 N–H and O–H groups in total. The summed E-state index contributed by atoms with van der Waals surface area (Å²) in [7, 11) is 0. The van der Waals surface area contributed by atoms with E-state index < -0.39 is 11.9 Å². The van der Waals surface area contributed by atoms with Gasteiger partial charge in [-0.15, -0.1) is 11.8 Å². The predicted molar refractivity (Wildman–Crippen MR) is 98.0 cm³/mol. The Morgan fingerprint density at radius 3 is 2.42 bits per heavy atom. The Morgan fingerprint density at radius 1 is 1.08 bits per heavy atom. The summed E-state index contributed by atoms with van der Waals surface area (Å²) in [4.78, 5) is 24.7. The van der Waals surface area contributed by atoms with Crippen molar-refractivity contribution in [3.05, 3.63) is 58.1 Å². The number of benzene rings is 2. The van der Waals surface area contributed by atoms with Gasteiger partial charge in [0.2, 0.25) is 0 Å². The molecule has 0 saturated heterocycles. The lowest BCUT2D eigenvalue weighted by molar-refractivity contribution is -0.146. The standard InChI is InChI=1S/C17H15Cl2NO3S/c1-24-13-5-3-12(4-6-13)20-16(21)10-23-17(22)9-11-2-7-14(18)15(19)8-11/h2-8H,9-10H2,1H3,(H,20,21). The number of halogens is 2. The molecule has 7 heteroatoms. The summed E-state index contributed by atoms with van der Waals surface area (Å²) < 4.78 is 4.96. The zero-order valence-corrected chi connectivity index (χ0v) is 15.2. The van der Waals surface area contributed by atoms with Crippen molar-refractivity contribution in [2.45, 2.75) is 11.3 Å². The van der Waals surface area contributed by atoms with Gasteiger partial charge in [-0.2, -0.15) is 0 Å². The molecule has 0 aromatic heterocycles. The maximum Gasteiger partial charge on any atom is 0.310 e. The molecule has 0 aliphatic carbocycles. The molecule has 0 aliphatic rings. The number of carbonyl (C=O) groups excluding carboxylic acids is 2. The maximum atomic E-state index is 11.8. The molecule has 4 nitrogen and oxygen atoms in total. The molecule has 0 spiro atoms.